The van der Waals surface area contributed by atoms with Gasteiger partial charge in [-0.25, -0.2) is 0 Å². The molecule has 0 aliphatic carbocycles. The summed E-state index contributed by atoms with van der Waals surface area (Å²) < 4.78 is 0. The van der Waals surface area contributed by atoms with Crippen LogP contribution in [0.2, 0.25) is 0 Å². The Labute approximate surface area is 148 Å². The summed E-state index contributed by atoms with van der Waals surface area (Å²) in [4.78, 5) is 0. The third-order valence-electron chi connectivity index (χ3n) is 3.67. The van der Waals surface area contributed by atoms with Gasteiger partial charge in [0.05, 0.1) is 5.92 Å². The van der Waals surface area contributed by atoms with Crippen LogP contribution in [-0.4, -0.2) is 0 Å². The topological polar surface area (TPSA) is 0 Å². The van der Waals surface area contributed by atoms with Crippen molar-refractivity contribution in [1.82, 2.24) is 0 Å². The van der Waals surface area contributed by atoms with Crippen LogP contribution in [0, 0.1) is 11.8 Å². The lowest BCUT2D eigenvalue weighted by Crippen LogP contribution is -1.93. The minimum atomic E-state index is -0.0564. The third kappa shape index (κ3) is 4.38. The molecule has 0 heterocycles. The molecule has 1 unspecified atom stereocenters. The van der Waals surface area contributed by atoms with Crippen molar-refractivity contribution in [3.63, 3.8) is 0 Å². The number of allylic oxidation sites excluding steroid dienone is 1. The van der Waals surface area contributed by atoms with E-state index in [2.05, 4.69) is 24.0 Å². The van der Waals surface area contributed by atoms with E-state index < -0.39 is 0 Å². The number of halogens is 1. The van der Waals surface area contributed by atoms with Crippen molar-refractivity contribution in [2.24, 2.45) is 0 Å². The first-order valence-electron chi connectivity index (χ1n) is 7.87. The summed E-state index contributed by atoms with van der Waals surface area (Å²) >= 11 is 6.53. The molecule has 3 aromatic carbocycles. The van der Waals surface area contributed by atoms with Gasteiger partial charge in [0.25, 0.3) is 0 Å². The maximum Gasteiger partial charge on any atom is 0.0653 e. The van der Waals surface area contributed by atoms with Gasteiger partial charge in [-0.3, -0.25) is 0 Å². The van der Waals surface area contributed by atoms with Crippen molar-refractivity contribution in [2.75, 3.05) is 0 Å². The molecule has 0 fully saturated rings. The highest BCUT2D eigenvalue weighted by Crippen LogP contribution is 2.25. The molecule has 0 saturated carbocycles. The molecule has 0 saturated heterocycles. The molecule has 0 amide bonds. The van der Waals surface area contributed by atoms with E-state index in [0.717, 1.165) is 16.7 Å². The monoisotopic (exact) mass is 328 g/mol. The van der Waals surface area contributed by atoms with Gasteiger partial charge in [0.15, 0.2) is 0 Å². The maximum atomic E-state index is 6.53. The fourth-order valence-corrected chi connectivity index (χ4v) is 2.66. The van der Waals surface area contributed by atoms with Gasteiger partial charge < -0.3 is 0 Å². The van der Waals surface area contributed by atoms with Crippen LogP contribution in [0.25, 0.3) is 5.03 Å². The van der Waals surface area contributed by atoms with E-state index in [1.54, 1.807) is 0 Å². The molecule has 3 aromatic rings. The predicted molar refractivity (Wildman–Crippen MR) is 103 cm³/mol. The quantitative estimate of drug-likeness (QED) is 0.509. The molecule has 24 heavy (non-hydrogen) atoms. The molecule has 0 bridgehead atoms. The van der Waals surface area contributed by atoms with Crippen LogP contribution in [0.15, 0.2) is 97.1 Å². The molecule has 1 heteroatoms. The maximum absolute atomic E-state index is 6.53. The van der Waals surface area contributed by atoms with Crippen LogP contribution in [0.1, 0.15) is 22.6 Å². The van der Waals surface area contributed by atoms with Gasteiger partial charge >= 0.3 is 0 Å². The summed E-state index contributed by atoms with van der Waals surface area (Å²) in [6.07, 6.45) is 2.02. The van der Waals surface area contributed by atoms with Gasteiger partial charge in [-0.1, -0.05) is 102 Å². The third-order valence-corrected chi connectivity index (χ3v) is 4.01. The van der Waals surface area contributed by atoms with Crippen molar-refractivity contribution < 1.29 is 0 Å². The Morgan fingerprint density at radius 2 is 1.29 bits per heavy atom. The van der Waals surface area contributed by atoms with Gasteiger partial charge in [-0.15, -0.1) is 0 Å². The average Bonchev–Trinajstić information content (AvgIpc) is 2.67. The van der Waals surface area contributed by atoms with Crippen LogP contribution in [0.4, 0.5) is 0 Å². The number of benzene rings is 3. The van der Waals surface area contributed by atoms with Crippen LogP contribution in [-0.2, 0) is 0 Å². The lowest BCUT2D eigenvalue weighted by atomic mass is 9.97. The largest absolute Gasteiger partial charge is 0.0854 e. The predicted octanol–water partition coefficient (Wildman–Crippen LogP) is 6.10. The van der Waals surface area contributed by atoms with E-state index >= 15 is 0 Å². The first-order valence-corrected chi connectivity index (χ1v) is 8.25. The SMILES string of the molecule is Cl/C(=C\C(C#Cc1ccccc1)c1ccccc1)c1ccccc1. The van der Waals surface area contributed by atoms with E-state index in [4.69, 9.17) is 11.6 Å². The second kappa shape index (κ2) is 8.20. The minimum absolute atomic E-state index is 0.0564. The van der Waals surface area contributed by atoms with Gasteiger partial charge in [0.1, 0.15) is 0 Å². The number of rotatable bonds is 3. The molecule has 0 aliphatic heterocycles. The fraction of sp³-hybridized carbons (Fsp3) is 0.0435. The Balaban J connectivity index is 1.96. The molecule has 0 aliphatic rings. The van der Waals surface area contributed by atoms with Gasteiger partial charge in [0, 0.05) is 10.6 Å². The van der Waals surface area contributed by atoms with Crippen molar-refractivity contribution in [3.05, 3.63) is 114 Å². The highest BCUT2D eigenvalue weighted by atomic mass is 35.5. The van der Waals surface area contributed by atoms with Crippen molar-refractivity contribution in [3.8, 4) is 11.8 Å². The Kier molecular flexibility index (Phi) is 5.51. The van der Waals surface area contributed by atoms with E-state index in [9.17, 15) is 0 Å². The first kappa shape index (κ1) is 16.1. The molecule has 0 aromatic heterocycles. The van der Waals surface area contributed by atoms with Crippen molar-refractivity contribution in [2.45, 2.75) is 5.92 Å². The van der Waals surface area contributed by atoms with E-state index in [0.29, 0.717) is 5.03 Å². The lowest BCUT2D eigenvalue weighted by Gasteiger charge is -2.08. The summed E-state index contributed by atoms with van der Waals surface area (Å²) in [7, 11) is 0. The highest BCUT2D eigenvalue weighted by molar-refractivity contribution is 6.48. The molecular formula is C23H17Cl. The normalized spacial score (nSPS) is 12.1. The fourth-order valence-electron chi connectivity index (χ4n) is 2.40. The second-order valence-corrected chi connectivity index (χ2v) is 5.81. The molecule has 0 N–H and O–H groups in total. The Morgan fingerprint density at radius 1 is 0.750 bits per heavy atom. The van der Waals surface area contributed by atoms with E-state index in [-0.39, 0.29) is 5.92 Å². The summed E-state index contributed by atoms with van der Waals surface area (Å²) in [5.41, 5.74) is 3.14. The molecule has 0 spiro atoms. The summed E-state index contributed by atoms with van der Waals surface area (Å²) in [5.74, 6) is 6.53. The number of hydrogen-bond acceptors (Lipinski definition) is 0. The molecule has 0 nitrogen and oxygen atoms in total. The van der Waals surface area contributed by atoms with Gasteiger partial charge in [-0.05, 0) is 29.3 Å². The van der Waals surface area contributed by atoms with Crippen LogP contribution in [0.5, 0.6) is 0 Å². The Bertz CT molecular complexity index is 853. The smallest absolute Gasteiger partial charge is 0.0653 e. The minimum Gasteiger partial charge on any atom is -0.0854 e. The first-order chi connectivity index (χ1) is 11.8. The molecular weight excluding hydrogens is 312 g/mol. The molecule has 0 radical (unpaired) electrons. The van der Waals surface area contributed by atoms with Crippen LogP contribution in [0.3, 0.4) is 0 Å². The van der Waals surface area contributed by atoms with Crippen LogP contribution >= 0.6 is 11.6 Å². The zero-order valence-corrected chi connectivity index (χ0v) is 13.9. The Morgan fingerprint density at radius 3 is 1.92 bits per heavy atom. The number of hydrogen-bond donors (Lipinski definition) is 0. The van der Waals surface area contributed by atoms with Crippen molar-refractivity contribution in [1.29, 1.82) is 0 Å². The Hall–Kier alpha value is -2.75. The van der Waals surface area contributed by atoms with Crippen LogP contribution < -0.4 is 0 Å². The van der Waals surface area contributed by atoms with E-state index in [1.165, 1.54) is 0 Å². The van der Waals surface area contributed by atoms with E-state index in [1.807, 2.05) is 84.9 Å². The molecule has 3 rings (SSSR count). The second-order valence-electron chi connectivity index (χ2n) is 5.40. The highest BCUT2D eigenvalue weighted by Gasteiger charge is 2.07. The van der Waals surface area contributed by atoms with Gasteiger partial charge in [-0.2, -0.15) is 0 Å². The van der Waals surface area contributed by atoms with Crippen molar-refractivity contribution >= 4 is 16.6 Å². The zero-order valence-electron chi connectivity index (χ0n) is 13.2. The summed E-state index contributed by atoms with van der Waals surface area (Å²) in [6.45, 7) is 0. The standard InChI is InChI=1S/C23H17Cl/c24-23(21-14-8-3-9-15-21)18-22(20-12-6-2-7-13-20)17-16-19-10-4-1-5-11-19/h1-15,18,22H/b23-18-. The summed E-state index contributed by atoms with van der Waals surface area (Å²) in [5, 5.41) is 0.715. The lowest BCUT2D eigenvalue weighted by molar-refractivity contribution is 1.13. The molecule has 1 atom stereocenters. The zero-order chi connectivity index (χ0) is 16.6. The summed E-state index contributed by atoms with van der Waals surface area (Å²) in [6, 6.07) is 30.2. The average molecular weight is 329 g/mol. The molecule has 116 valence electrons. The van der Waals surface area contributed by atoms with Gasteiger partial charge in [0.2, 0.25) is 0 Å².